The first kappa shape index (κ1) is 13.6. The zero-order valence-corrected chi connectivity index (χ0v) is 10.1. The maximum atomic E-state index is 10.8. The number of nitrogens with zero attached hydrogens (tertiary/aromatic N) is 1. The van der Waals surface area contributed by atoms with Crippen molar-refractivity contribution in [2.45, 2.75) is 39.0 Å². The van der Waals surface area contributed by atoms with E-state index in [2.05, 4.69) is 5.32 Å². The molecule has 0 spiro atoms. The van der Waals surface area contributed by atoms with Crippen molar-refractivity contribution in [3.63, 3.8) is 0 Å². The number of para-hydroxylation sites is 1. The first-order chi connectivity index (χ1) is 8.00. The lowest BCUT2D eigenvalue weighted by Crippen LogP contribution is -2.28. The molecule has 2 N–H and O–H groups in total. The average Bonchev–Trinajstić information content (AvgIpc) is 2.25. The Morgan fingerprint density at radius 2 is 2.06 bits per heavy atom. The fourth-order valence-electron chi connectivity index (χ4n) is 1.72. The lowest BCUT2D eigenvalue weighted by molar-refractivity contribution is -0.385. The summed E-state index contributed by atoms with van der Waals surface area (Å²) in [6.45, 7) is 4.11. The highest BCUT2D eigenvalue weighted by atomic mass is 16.6. The van der Waals surface area contributed by atoms with Crippen LogP contribution in [0.2, 0.25) is 0 Å². The van der Waals surface area contributed by atoms with Gasteiger partial charge in [0.15, 0.2) is 0 Å². The molecule has 94 valence electrons. The third kappa shape index (κ3) is 4.50. The highest BCUT2D eigenvalue weighted by Crippen LogP contribution is 2.17. The minimum absolute atomic E-state index is 0.120. The molecule has 2 unspecified atom stereocenters. The predicted molar refractivity (Wildman–Crippen MR) is 65.7 cm³/mol. The Morgan fingerprint density at radius 1 is 1.41 bits per heavy atom. The summed E-state index contributed by atoms with van der Waals surface area (Å²) in [6.07, 6.45) is 0.254. The van der Waals surface area contributed by atoms with E-state index >= 15 is 0 Å². The first-order valence-electron chi connectivity index (χ1n) is 5.64. The summed E-state index contributed by atoms with van der Waals surface area (Å²) in [5, 5.41) is 23.2. The van der Waals surface area contributed by atoms with E-state index in [-0.39, 0.29) is 22.8 Å². The molecule has 0 aliphatic heterocycles. The van der Waals surface area contributed by atoms with Crippen LogP contribution in [0.3, 0.4) is 0 Å². The molecule has 0 aliphatic rings. The van der Waals surface area contributed by atoms with E-state index in [1.807, 2.05) is 6.92 Å². The lowest BCUT2D eigenvalue weighted by atomic mass is 10.1. The Balaban J connectivity index is 2.60. The standard InChI is InChI=1S/C12H18N2O3/c1-9(7-10(2)15)13-8-11-5-3-4-6-12(11)14(16)17/h3-6,9-10,13,15H,7-8H2,1-2H3. The van der Waals surface area contributed by atoms with E-state index in [4.69, 9.17) is 0 Å². The molecule has 0 aliphatic carbocycles. The van der Waals surface area contributed by atoms with Crippen molar-refractivity contribution in [1.82, 2.24) is 5.32 Å². The van der Waals surface area contributed by atoms with Crippen LogP contribution in [0, 0.1) is 10.1 Å². The molecule has 1 aromatic rings. The number of hydrogen-bond donors (Lipinski definition) is 2. The maximum Gasteiger partial charge on any atom is 0.273 e. The van der Waals surface area contributed by atoms with Gasteiger partial charge in [-0.25, -0.2) is 0 Å². The van der Waals surface area contributed by atoms with Crippen molar-refractivity contribution in [2.24, 2.45) is 0 Å². The Labute approximate surface area is 101 Å². The maximum absolute atomic E-state index is 10.8. The molecular weight excluding hydrogens is 220 g/mol. The van der Waals surface area contributed by atoms with Gasteiger partial charge in [0.2, 0.25) is 0 Å². The van der Waals surface area contributed by atoms with Gasteiger partial charge >= 0.3 is 0 Å². The van der Waals surface area contributed by atoms with Gasteiger partial charge in [0.25, 0.3) is 5.69 Å². The zero-order valence-electron chi connectivity index (χ0n) is 10.1. The molecule has 0 saturated carbocycles. The molecule has 2 atom stereocenters. The molecule has 0 radical (unpaired) electrons. The monoisotopic (exact) mass is 238 g/mol. The van der Waals surface area contributed by atoms with Crippen LogP contribution in [-0.2, 0) is 6.54 Å². The number of aliphatic hydroxyl groups excluding tert-OH is 1. The summed E-state index contributed by atoms with van der Waals surface area (Å²) in [6, 6.07) is 6.79. The highest BCUT2D eigenvalue weighted by molar-refractivity contribution is 5.39. The van der Waals surface area contributed by atoms with Crippen LogP contribution in [-0.4, -0.2) is 22.2 Å². The molecule has 0 amide bonds. The Hall–Kier alpha value is -1.46. The van der Waals surface area contributed by atoms with Gasteiger partial charge in [-0.1, -0.05) is 18.2 Å². The van der Waals surface area contributed by atoms with Gasteiger partial charge in [-0.15, -0.1) is 0 Å². The number of hydrogen-bond acceptors (Lipinski definition) is 4. The predicted octanol–water partition coefficient (Wildman–Crippen LogP) is 1.84. The van der Waals surface area contributed by atoms with Crippen LogP contribution in [0.1, 0.15) is 25.8 Å². The summed E-state index contributed by atoms with van der Waals surface area (Å²) in [7, 11) is 0. The second-order valence-corrected chi connectivity index (χ2v) is 4.25. The first-order valence-corrected chi connectivity index (χ1v) is 5.64. The van der Waals surface area contributed by atoms with Gasteiger partial charge in [-0.2, -0.15) is 0 Å². The minimum atomic E-state index is -0.379. The molecule has 1 aromatic carbocycles. The summed E-state index contributed by atoms with van der Waals surface area (Å²) in [5.74, 6) is 0. The van der Waals surface area contributed by atoms with Gasteiger partial charge < -0.3 is 10.4 Å². The molecule has 17 heavy (non-hydrogen) atoms. The average molecular weight is 238 g/mol. The number of benzene rings is 1. The summed E-state index contributed by atoms with van der Waals surface area (Å²) < 4.78 is 0. The normalized spacial score (nSPS) is 14.3. The lowest BCUT2D eigenvalue weighted by Gasteiger charge is -2.15. The Bertz CT molecular complexity index is 380. The van der Waals surface area contributed by atoms with Crippen molar-refractivity contribution < 1.29 is 10.0 Å². The van der Waals surface area contributed by atoms with Gasteiger partial charge in [-0.05, 0) is 20.3 Å². The molecule has 0 aromatic heterocycles. The molecule has 0 saturated heterocycles. The van der Waals surface area contributed by atoms with Crippen LogP contribution < -0.4 is 5.32 Å². The molecular formula is C12H18N2O3. The van der Waals surface area contributed by atoms with Crippen LogP contribution in [0.15, 0.2) is 24.3 Å². The third-order valence-electron chi connectivity index (χ3n) is 2.52. The fourth-order valence-corrected chi connectivity index (χ4v) is 1.72. The summed E-state index contributed by atoms with van der Waals surface area (Å²) in [5.41, 5.74) is 0.791. The largest absolute Gasteiger partial charge is 0.393 e. The van der Waals surface area contributed by atoms with Crippen molar-refractivity contribution >= 4 is 5.69 Å². The van der Waals surface area contributed by atoms with Gasteiger partial charge in [0.05, 0.1) is 11.0 Å². The topological polar surface area (TPSA) is 75.4 Å². The van der Waals surface area contributed by atoms with Crippen molar-refractivity contribution in [3.05, 3.63) is 39.9 Å². The van der Waals surface area contributed by atoms with E-state index in [1.54, 1.807) is 25.1 Å². The summed E-state index contributed by atoms with van der Waals surface area (Å²) in [4.78, 5) is 10.4. The molecule has 5 heteroatoms. The van der Waals surface area contributed by atoms with Crippen molar-refractivity contribution in [2.75, 3.05) is 0 Å². The van der Waals surface area contributed by atoms with Gasteiger partial charge in [0.1, 0.15) is 0 Å². The van der Waals surface area contributed by atoms with E-state index in [0.717, 1.165) is 0 Å². The molecule has 1 rings (SSSR count). The molecule has 0 bridgehead atoms. The van der Waals surface area contributed by atoms with Crippen LogP contribution in [0.25, 0.3) is 0 Å². The van der Waals surface area contributed by atoms with Gasteiger partial charge in [-0.3, -0.25) is 10.1 Å². The molecule has 0 fully saturated rings. The quantitative estimate of drug-likeness (QED) is 0.585. The number of aliphatic hydroxyl groups is 1. The van der Waals surface area contributed by atoms with Gasteiger partial charge in [0, 0.05) is 24.2 Å². The van der Waals surface area contributed by atoms with Crippen molar-refractivity contribution in [1.29, 1.82) is 0 Å². The van der Waals surface area contributed by atoms with E-state index < -0.39 is 0 Å². The van der Waals surface area contributed by atoms with Crippen LogP contribution in [0.5, 0.6) is 0 Å². The zero-order chi connectivity index (χ0) is 12.8. The second kappa shape index (κ2) is 6.32. The second-order valence-electron chi connectivity index (χ2n) is 4.25. The van der Waals surface area contributed by atoms with Crippen LogP contribution in [0.4, 0.5) is 5.69 Å². The Morgan fingerprint density at radius 3 is 2.65 bits per heavy atom. The van der Waals surface area contributed by atoms with Crippen LogP contribution >= 0.6 is 0 Å². The van der Waals surface area contributed by atoms with E-state index in [9.17, 15) is 15.2 Å². The minimum Gasteiger partial charge on any atom is -0.393 e. The smallest absolute Gasteiger partial charge is 0.273 e. The summed E-state index contributed by atoms with van der Waals surface area (Å²) >= 11 is 0. The Kier molecular flexibility index (Phi) is 5.06. The highest BCUT2D eigenvalue weighted by Gasteiger charge is 2.13. The molecule has 0 heterocycles. The number of nitro groups is 1. The molecule has 5 nitrogen and oxygen atoms in total. The number of rotatable bonds is 6. The fraction of sp³-hybridized carbons (Fsp3) is 0.500. The van der Waals surface area contributed by atoms with Crippen molar-refractivity contribution in [3.8, 4) is 0 Å². The van der Waals surface area contributed by atoms with E-state index in [1.165, 1.54) is 6.07 Å². The number of nitrogens with one attached hydrogen (secondary N) is 1. The third-order valence-corrected chi connectivity index (χ3v) is 2.52. The van der Waals surface area contributed by atoms with E-state index in [0.29, 0.717) is 18.5 Å². The SMILES string of the molecule is CC(O)CC(C)NCc1ccccc1[N+](=O)[O-]. The number of nitro benzene ring substituents is 1.